The fraction of sp³-hybridized carbons (Fsp3) is 0.462. The number of amidine groups is 1. The molecule has 1 atom stereocenters. The van der Waals surface area contributed by atoms with Gasteiger partial charge in [0.1, 0.15) is 0 Å². The molecule has 0 saturated carbocycles. The molecule has 1 unspecified atom stereocenters. The van der Waals surface area contributed by atoms with Gasteiger partial charge in [0.05, 0.1) is 10.2 Å². The molecule has 0 spiro atoms. The topological polar surface area (TPSA) is 61.8 Å². The van der Waals surface area contributed by atoms with E-state index in [1.807, 2.05) is 18.9 Å². The van der Waals surface area contributed by atoms with Gasteiger partial charge in [0, 0.05) is 18.7 Å². The monoisotopic (exact) mass is 331 g/mol. The number of hydrogen-bond acceptors (Lipinski definition) is 3. The molecule has 0 amide bonds. The minimum Gasteiger partial charge on any atom is -0.409 e. The number of oxime groups is 1. The number of rotatable bonds is 5. The standard InChI is InChI=1S/C13H19BrFN3O/c1-4-5-8(2)18(3)10-7-6-9(13(16)17-19)11(14)12(10)15/h6-8,19H,4-5H2,1-3H3,(H2,16,17). The van der Waals surface area contributed by atoms with E-state index < -0.39 is 5.82 Å². The summed E-state index contributed by atoms with van der Waals surface area (Å²) in [6, 6.07) is 3.51. The van der Waals surface area contributed by atoms with Crippen LogP contribution in [-0.2, 0) is 0 Å². The second kappa shape index (κ2) is 6.75. The lowest BCUT2D eigenvalue weighted by Gasteiger charge is -2.27. The first kappa shape index (κ1) is 15.8. The smallest absolute Gasteiger partial charge is 0.171 e. The largest absolute Gasteiger partial charge is 0.409 e. The van der Waals surface area contributed by atoms with Gasteiger partial charge in [-0.3, -0.25) is 0 Å². The lowest BCUT2D eigenvalue weighted by molar-refractivity contribution is 0.318. The Labute approximate surface area is 121 Å². The number of anilines is 1. The van der Waals surface area contributed by atoms with Crippen LogP contribution in [0.3, 0.4) is 0 Å². The Bertz CT molecular complexity index is 479. The summed E-state index contributed by atoms with van der Waals surface area (Å²) in [6.45, 7) is 4.15. The highest BCUT2D eigenvalue weighted by atomic mass is 79.9. The second-order valence-corrected chi connectivity index (χ2v) is 5.29. The van der Waals surface area contributed by atoms with Crippen molar-refractivity contribution >= 4 is 27.5 Å². The van der Waals surface area contributed by atoms with Crippen molar-refractivity contribution in [3.8, 4) is 0 Å². The van der Waals surface area contributed by atoms with E-state index in [1.165, 1.54) is 0 Å². The summed E-state index contributed by atoms with van der Waals surface area (Å²) in [6.07, 6.45) is 2.02. The molecule has 0 aliphatic carbocycles. The number of nitrogens with two attached hydrogens (primary N) is 1. The number of hydrogen-bond donors (Lipinski definition) is 2. The van der Waals surface area contributed by atoms with Gasteiger partial charge in [-0.05, 0) is 41.4 Å². The van der Waals surface area contributed by atoms with Gasteiger partial charge in [0.2, 0.25) is 0 Å². The first-order valence-corrected chi connectivity index (χ1v) is 6.92. The highest BCUT2D eigenvalue weighted by Crippen LogP contribution is 2.30. The Morgan fingerprint density at radius 3 is 2.74 bits per heavy atom. The molecule has 1 aromatic carbocycles. The van der Waals surface area contributed by atoms with Crippen molar-refractivity contribution in [2.24, 2.45) is 10.9 Å². The number of benzene rings is 1. The van der Waals surface area contributed by atoms with E-state index in [4.69, 9.17) is 10.9 Å². The van der Waals surface area contributed by atoms with E-state index in [0.29, 0.717) is 11.3 Å². The van der Waals surface area contributed by atoms with Crippen molar-refractivity contribution < 1.29 is 9.60 Å². The predicted octanol–water partition coefficient (Wildman–Crippen LogP) is 3.31. The Morgan fingerprint density at radius 2 is 2.21 bits per heavy atom. The molecule has 1 rings (SSSR count). The summed E-state index contributed by atoms with van der Waals surface area (Å²) in [7, 11) is 1.86. The summed E-state index contributed by atoms with van der Waals surface area (Å²) in [5.74, 6) is -0.531. The zero-order chi connectivity index (χ0) is 14.6. The average Bonchev–Trinajstić information content (AvgIpc) is 2.40. The SMILES string of the molecule is CCCC(C)N(C)c1ccc(/C(N)=N/O)c(Br)c1F. The van der Waals surface area contributed by atoms with E-state index in [-0.39, 0.29) is 16.4 Å². The molecule has 0 aromatic heterocycles. The van der Waals surface area contributed by atoms with Crippen molar-refractivity contribution in [1.82, 2.24) is 0 Å². The Hall–Kier alpha value is -1.30. The molecule has 0 aliphatic heterocycles. The third-order valence-electron chi connectivity index (χ3n) is 3.19. The van der Waals surface area contributed by atoms with Gasteiger partial charge in [-0.15, -0.1) is 0 Å². The van der Waals surface area contributed by atoms with E-state index in [0.717, 1.165) is 12.8 Å². The third kappa shape index (κ3) is 3.37. The van der Waals surface area contributed by atoms with Crippen LogP contribution in [0.1, 0.15) is 32.3 Å². The maximum atomic E-state index is 14.3. The van der Waals surface area contributed by atoms with Crippen molar-refractivity contribution in [1.29, 1.82) is 0 Å². The van der Waals surface area contributed by atoms with Crippen LogP contribution in [-0.4, -0.2) is 24.1 Å². The van der Waals surface area contributed by atoms with Gasteiger partial charge < -0.3 is 15.8 Å². The molecule has 106 valence electrons. The van der Waals surface area contributed by atoms with Crippen LogP contribution in [0.15, 0.2) is 21.8 Å². The predicted molar refractivity (Wildman–Crippen MR) is 79.4 cm³/mol. The van der Waals surface area contributed by atoms with Gasteiger partial charge in [0.25, 0.3) is 0 Å². The van der Waals surface area contributed by atoms with Crippen LogP contribution < -0.4 is 10.6 Å². The molecule has 0 aliphatic rings. The van der Waals surface area contributed by atoms with Crippen LogP contribution in [0.25, 0.3) is 0 Å². The number of halogens is 2. The van der Waals surface area contributed by atoms with Crippen molar-refractivity contribution in [2.45, 2.75) is 32.7 Å². The quantitative estimate of drug-likeness (QED) is 0.376. The molecule has 0 bridgehead atoms. The highest BCUT2D eigenvalue weighted by Gasteiger charge is 2.18. The van der Waals surface area contributed by atoms with Gasteiger partial charge in [0.15, 0.2) is 11.7 Å². The zero-order valence-electron chi connectivity index (χ0n) is 11.3. The van der Waals surface area contributed by atoms with Crippen LogP contribution >= 0.6 is 15.9 Å². The summed E-state index contributed by atoms with van der Waals surface area (Å²) in [4.78, 5) is 1.89. The third-order valence-corrected chi connectivity index (χ3v) is 3.97. The molecule has 4 nitrogen and oxygen atoms in total. The van der Waals surface area contributed by atoms with Gasteiger partial charge >= 0.3 is 0 Å². The normalized spacial score (nSPS) is 13.4. The van der Waals surface area contributed by atoms with Gasteiger partial charge in [-0.2, -0.15) is 0 Å². The van der Waals surface area contributed by atoms with E-state index in [1.54, 1.807) is 12.1 Å². The molecule has 0 saturated heterocycles. The summed E-state index contributed by atoms with van der Waals surface area (Å²) >= 11 is 3.16. The van der Waals surface area contributed by atoms with Crippen molar-refractivity contribution in [3.63, 3.8) is 0 Å². The summed E-state index contributed by atoms with van der Waals surface area (Å²) in [5, 5.41) is 11.5. The molecule has 3 N–H and O–H groups in total. The van der Waals surface area contributed by atoms with Crippen molar-refractivity contribution in [2.75, 3.05) is 11.9 Å². The van der Waals surface area contributed by atoms with E-state index in [9.17, 15) is 4.39 Å². The fourth-order valence-corrected chi connectivity index (χ4v) is 2.45. The molecule has 0 fully saturated rings. The molecular formula is C13H19BrFN3O. The first-order chi connectivity index (χ1) is 8.93. The lowest BCUT2D eigenvalue weighted by atomic mass is 10.1. The molecular weight excluding hydrogens is 313 g/mol. The van der Waals surface area contributed by atoms with Crippen LogP contribution in [0.2, 0.25) is 0 Å². The Balaban J connectivity index is 3.16. The number of nitrogens with zero attached hydrogens (tertiary/aromatic N) is 2. The molecule has 0 radical (unpaired) electrons. The van der Waals surface area contributed by atoms with Gasteiger partial charge in [-0.25, -0.2) is 4.39 Å². The summed E-state index contributed by atoms with van der Waals surface area (Å²) < 4.78 is 14.5. The zero-order valence-corrected chi connectivity index (χ0v) is 12.9. The van der Waals surface area contributed by atoms with E-state index >= 15 is 0 Å². The maximum absolute atomic E-state index is 14.3. The fourth-order valence-electron chi connectivity index (χ4n) is 1.91. The average molecular weight is 332 g/mol. The molecule has 0 heterocycles. The van der Waals surface area contributed by atoms with Crippen LogP contribution in [0.5, 0.6) is 0 Å². The van der Waals surface area contributed by atoms with E-state index in [2.05, 4.69) is 28.0 Å². The molecule has 19 heavy (non-hydrogen) atoms. The highest BCUT2D eigenvalue weighted by molar-refractivity contribution is 9.10. The summed E-state index contributed by atoms with van der Waals surface area (Å²) in [5.41, 5.74) is 6.31. The maximum Gasteiger partial charge on any atom is 0.171 e. The molecule has 1 aromatic rings. The van der Waals surface area contributed by atoms with Gasteiger partial charge in [-0.1, -0.05) is 18.5 Å². The van der Waals surface area contributed by atoms with Crippen molar-refractivity contribution in [3.05, 3.63) is 28.0 Å². The first-order valence-electron chi connectivity index (χ1n) is 6.12. The Morgan fingerprint density at radius 1 is 1.58 bits per heavy atom. The minimum atomic E-state index is -0.408. The van der Waals surface area contributed by atoms with Crippen LogP contribution in [0, 0.1) is 5.82 Å². The lowest BCUT2D eigenvalue weighted by Crippen LogP contribution is -2.29. The van der Waals surface area contributed by atoms with Crippen LogP contribution in [0.4, 0.5) is 10.1 Å². The minimum absolute atomic E-state index is 0.124. The Kier molecular flexibility index (Phi) is 5.60. The second-order valence-electron chi connectivity index (χ2n) is 4.49. The molecule has 6 heteroatoms.